The monoisotopic (exact) mass is 426 g/mol. The summed E-state index contributed by atoms with van der Waals surface area (Å²) in [6.45, 7) is 5.07. The summed E-state index contributed by atoms with van der Waals surface area (Å²) in [7, 11) is -1.98. The van der Waals surface area contributed by atoms with Crippen molar-refractivity contribution in [3.63, 3.8) is 0 Å². The maximum absolute atomic E-state index is 13.5. The molecule has 0 aliphatic rings. The number of para-hydroxylation sites is 1. The fraction of sp³-hybridized carbons (Fsp3) is 0.333. The quantitative estimate of drug-likeness (QED) is 0.469. The summed E-state index contributed by atoms with van der Waals surface area (Å²) < 4.78 is 31.9. The number of fused-ring (bicyclic) bond motifs is 1. The number of nitrogens with zero attached hydrogens (tertiary/aromatic N) is 5. The second kappa shape index (κ2) is 8.08. The minimum atomic E-state index is -3.72. The minimum absolute atomic E-state index is 0.214. The molecule has 3 heterocycles. The Bertz CT molecular complexity index is 1270. The Morgan fingerprint density at radius 2 is 2.00 bits per heavy atom. The van der Waals surface area contributed by atoms with Crippen LogP contribution in [0.15, 0.2) is 53.8 Å². The second-order valence-corrected chi connectivity index (χ2v) is 9.24. The summed E-state index contributed by atoms with van der Waals surface area (Å²) in [4.78, 5) is 3.49. The zero-order valence-corrected chi connectivity index (χ0v) is 18.2. The summed E-state index contributed by atoms with van der Waals surface area (Å²) in [6, 6.07) is 9.91. The van der Waals surface area contributed by atoms with E-state index < -0.39 is 10.0 Å². The average molecular weight is 427 g/mol. The molecule has 9 heteroatoms. The van der Waals surface area contributed by atoms with Gasteiger partial charge in [-0.25, -0.2) is 8.42 Å². The zero-order valence-electron chi connectivity index (χ0n) is 17.4. The molecule has 0 radical (unpaired) electrons. The van der Waals surface area contributed by atoms with Crippen LogP contribution in [0.25, 0.3) is 10.9 Å². The van der Waals surface area contributed by atoms with Crippen molar-refractivity contribution in [3.8, 4) is 0 Å². The largest absolute Gasteiger partial charge is 0.361 e. The van der Waals surface area contributed by atoms with E-state index in [1.807, 2.05) is 49.6 Å². The van der Waals surface area contributed by atoms with Gasteiger partial charge in [0, 0.05) is 43.4 Å². The topological polar surface area (TPSA) is 88.8 Å². The Hall–Kier alpha value is -2.91. The van der Waals surface area contributed by atoms with Crippen molar-refractivity contribution in [2.75, 3.05) is 6.54 Å². The van der Waals surface area contributed by atoms with E-state index in [1.165, 1.54) is 10.5 Å². The number of benzene rings is 1. The molecule has 0 fully saturated rings. The summed E-state index contributed by atoms with van der Waals surface area (Å²) >= 11 is 0. The van der Waals surface area contributed by atoms with Crippen molar-refractivity contribution in [2.24, 2.45) is 7.05 Å². The molecule has 0 saturated heterocycles. The van der Waals surface area contributed by atoms with Crippen LogP contribution in [0.4, 0.5) is 0 Å². The van der Waals surface area contributed by atoms with Gasteiger partial charge in [0.1, 0.15) is 4.90 Å². The van der Waals surface area contributed by atoms with Crippen LogP contribution in [0, 0.1) is 6.92 Å². The van der Waals surface area contributed by atoms with Crippen molar-refractivity contribution in [1.29, 1.82) is 0 Å². The number of rotatable bonds is 8. The molecule has 0 aliphatic carbocycles. The van der Waals surface area contributed by atoms with Gasteiger partial charge < -0.3 is 4.98 Å². The highest BCUT2D eigenvalue weighted by molar-refractivity contribution is 7.89. The van der Waals surface area contributed by atoms with E-state index in [4.69, 9.17) is 0 Å². The molecule has 4 aromatic rings. The normalized spacial score (nSPS) is 12.3. The Labute approximate surface area is 176 Å². The fourth-order valence-corrected chi connectivity index (χ4v) is 5.18. The first-order chi connectivity index (χ1) is 14.4. The SMILES string of the molecule is CCn1ccc(CN(CCc2c[nH]c3ccccc23)S(=O)(=O)c2cnn(C)c2C)n1. The molecule has 8 nitrogen and oxygen atoms in total. The lowest BCUT2D eigenvalue weighted by Crippen LogP contribution is -2.33. The molecule has 0 aliphatic heterocycles. The number of aromatic nitrogens is 5. The Kier molecular flexibility index (Phi) is 5.48. The predicted molar refractivity (Wildman–Crippen MR) is 115 cm³/mol. The van der Waals surface area contributed by atoms with Gasteiger partial charge in [0.2, 0.25) is 10.0 Å². The van der Waals surface area contributed by atoms with Gasteiger partial charge in [-0.2, -0.15) is 14.5 Å². The smallest absolute Gasteiger partial charge is 0.246 e. The van der Waals surface area contributed by atoms with E-state index in [2.05, 4.69) is 15.2 Å². The van der Waals surface area contributed by atoms with Crippen molar-refractivity contribution >= 4 is 20.9 Å². The molecule has 1 N–H and O–H groups in total. The van der Waals surface area contributed by atoms with Gasteiger partial charge in [0.05, 0.1) is 24.1 Å². The highest BCUT2D eigenvalue weighted by Crippen LogP contribution is 2.23. The lowest BCUT2D eigenvalue weighted by atomic mass is 10.1. The minimum Gasteiger partial charge on any atom is -0.361 e. The molecule has 0 atom stereocenters. The molecule has 0 saturated carbocycles. The molecule has 3 aromatic heterocycles. The van der Waals surface area contributed by atoms with Crippen LogP contribution in [0.2, 0.25) is 0 Å². The zero-order chi connectivity index (χ0) is 21.3. The summed E-state index contributed by atoms with van der Waals surface area (Å²) in [6.07, 6.45) is 5.84. The number of H-pyrrole nitrogens is 1. The number of hydrogen-bond acceptors (Lipinski definition) is 4. The van der Waals surface area contributed by atoms with Crippen LogP contribution in [-0.4, -0.2) is 43.8 Å². The summed E-state index contributed by atoms with van der Waals surface area (Å²) in [5.74, 6) is 0. The van der Waals surface area contributed by atoms with Gasteiger partial charge in [-0.1, -0.05) is 18.2 Å². The molecular weight excluding hydrogens is 400 g/mol. The van der Waals surface area contributed by atoms with E-state index >= 15 is 0 Å². The van der Waals surface area contributed by atoms with Gasteiger partial charge in [-0.05, 0) is 38.0 Å². The maximum Gasteiger partial charge on any atom is 0.246 e. The lowest BCUT2D eigenvalue weighted by molar-refractivity contribution is 0.403. The van der Waals surface area contributed by atoms with Gasteiger partial charge in [0.15, 0.2) is 0 Å². The van der Waals surface area contributed by atoms with Crippen LogP contribution in [0.3, 0.4) is 0 Å². The molecule has 0 amide bonds. The van der Waals surface area contributed by atoms with Gasteiger partial charge in [-0.3, -0.25) is 9.36 Å². The average Bonchev–Trinajstić information content (AvgIpc) is 3.45. The first kappa shape index (κ1) is 20.4. The van der Waals surface area contributed by atoms with Crippen molar-refractivity contribution in [2.45, 2.75) is 38.3 Å². The van der Waals surface area contributed by atoms with Crippen LogP contribution in [0.5, 0.6) is 0 Å². The molecule has 4 rings (SSSR count). The molecule has 0 unspecified atom stereocenters. The fourth-order valence-electron chi connectivity index (χ4n) is 3.58. The second-order valence-electron chi connectivity index (χ2n) is 7.33. The van der Waals surface area contributed by atoms with E-state index in [0.717, 1.165) is 28.7 Å². The summed E-state index contributed by atoms with van der Waals surface area (Å²) in [5, 5.41) is 9.72. The van der Waals surface area contributed by atoms with E-state index in [-0.39, 0.29) is 11.4 Å². The summed E-state index contributed by atoms with van der Waals surface area (Å²) in [5.41, 5.74) is 3.48. The third kappa shape index (κ3) is 3.78. The van der Waals surface area contributed by atoms with Gasteiger partial charge >= 0.3 is 0 Å². The maximum atomic E-state index is 13.5. The highest BCUT2D eigenvalue weighted by Gasteiger charge is 2.29. The van der Waals surface area contributed by atoms with Gasteiger partial charge in [-0.15, -0.1) is 0 Å². The van der Waals surface area contributed by atoms with Gasteiger partial charge in [0.25, 0.3) is 0 Å². The van der Waals surface area contributed by atoms with Crippen LogP contribution >= 0.6 is 0 Å². The Morgan fingerprint density at radius 1 is 1.20 bits per heavy atom. The molecule has 0 bridgehead atoms. The van der Waals surface area contributed by atoms with Crippen molar-refractivity contribution in [1.82, 2.24) is 28.9 Å². The molecule has 0 spiro atoms. The Balaban J connectivity index is 1.65. The molecular formula is C21H26N6O2S. The highest BCUT2D eigenvalue weighted by atomic mass is 32.2. The van der Waals surface area contributed by atoms with Crippen LogP contribution < -0.4 is 0 Å². The number of hydrogen-bond donors (Lipinski definition) is 1. The number of aromatic amines is 1. The Morgan fingerprint density at radius 3 is 2.70 bits per heavy atom. The van der Waals surface area contributed by atoms with E-state index in [0.29, 0.717) is 18.7 Å². The van der Waals surface area contributed by atoms with Crippen molar-refractivity contribution < 1.29 is 8.42 Å². The predicted octanol–water partition coefficient (Wildman–Crippen LogP) is 2.86. The molecule has 30 heavy (non-hydrogen) atoms. The third-order valence-corrected chi connectivity index (χ3v) is 7.42. The first-order valence-electron chi connectivity index (χ1n) is 9.96. The molecule has 158 valence electrons. The third-order valence-electron chi connectivity index (χ3n) is 5.47. The first-order valence-corrected chi connectivity index (χ1v) is 11.4. The van der Waals surface area contributed by atoms with Crippen LogP contribution in [0.1, 0.15) is 23.9 Å². The molecule has 1 aromatic carbocycles. The standard InChI is InChI=1S/C21H26N6O2S/c1-4-26-11-10-18(24-26)15-27(30(28,29)21-14-23-25(3)16(21)2)12-9-17-13-22-20-8-6-5-7-19(17)20/h5-8,10-11,13-14,22H,4,9,12,15H2,1-3H3. The van der Waals surface area contributed by atoms with E-state index in [1.54, 1.807) is 23.3 Å². The lowest BCUT2D eigenvalue weighted by Gasteiger charge is -2.21. The number of sulfonamides is 1. The van der Waals surface area contributed by atoms with Crippen LogP contribution in [-0.2, 0) is 36.6 Å². The number of nitrogens with one attached hydrogen (secondary N) is 1. The number of aryl methyl sites for hydroxylation is 2. The van der Waals surface area contributed by atoms with Crippen molar-refractivity contribution in [3.05, 3.63) is 65.9 Å². The van der Waals surface area contributed by atoms with E-state index in [9.17, 15) is 8.42 Å².